The Morgan fingerprint density at radius 2 is 1.48 bits per heavy atom. The smallest absolute Gasteiger partial charge is 0.420 e. The Balaban J connectivity index is 2.74. The van der Waals surface area contributed by atoms with E-state index in [4.69, 9.17) is 9.47 Å². The number of hydrogen-bond donors (Lipinski definition) is 0. The monoisotopic (exact) mass is 423 g/mol. The third kappa shape index (κ3) is 4.90. The van der Waals surface area contributed by atoms with E-state index in [1.165, 1.54) is 19.2 Å². The summed E-state index contributed by atoms with van der Waals surface area (Å²) in [6.45, 7) is 3.49. The van der Waals surface area contributed by atoms with Crippen LogP contribution in [0.5, 0.6) is 17.2 Å². The Bertz CT molecular complexity index is 887. The Labute approximate surface area is 161 Å². The molecule has 0 saturated carbocycles. The van der Waals surface area contributed by atoms with E-state index in [2.05, 4.69) is 0 Å². The normalized spacial score (nSPS) is 12.2. The minimum Gasteiger partial charge on any atom is -0.496 e. The predicted octanol–water partition coefficient (Wildman–Crippen LogP) is 6.56. The summed E-state index contributed by atoms with van der Waals surface area (Å²) in [6, 6.07) is 3.77. The van der Waals surface area contributed by atoms with E-state index in [0.717, 1.165) is 6.07 Å². The van der Waals surface area contributed by atoms with E-state index in [0.29, 0.717) is 11.3 Å². The molecule has 0 amide bonds. The zero-order valence-corrected chi connectivity index (χ0v) is 15.3. The SMILES string of the molecule is COc1ccc(Oc2c(C(F)(F)F)cc([N+](=O)[O-])cc2C(F)(F)F)cc1C(C)C. The third-order valence-corrected chi connectivity index (χ3v) is 3.94. The number of nitro benzene ring substituents is 1. The Kier molecular flexibility index (Phi) is 6.00. The number of nitro groups is 1. The van der Waals surface area contributed by atoms with E-state index in [9.17, 15) is 36.5 Å². The second-order valence-corrected chi connectivity index (χ2v) is 6.28. The molecule has 0 bridgehead atoms. The van der Waals surface area contributed by atoms with Crippen LogP contribution in [0.4, 0.5) is 32.0 Å². The van der Waals surface area contributed by atoms with Crippen molar-refractivity contribution in [2.24, 2.45) is 0 Å². The first-order valence-electron chi connectivity index (χ1n) is 8.08. The molecule has 0 fully saturated rings. The maximum Gasteiger partial charge on any atom is 0.420 e. The molecule has 158 valence electrons. The standard InChI is InChI=1S/C18H15F6NO4/c1-9(2)12-8-11(4-5-15(12)28-3)29-16-13(17(19,20)21)6-10(25(26)27)7-14(16)18(22,23)24/h4-9H,1-3H3. The number of halogens is 6. The molecule has 2 aromatic rings. The molecule has 5 nitrogen and oxygen atoms in total. The van der Waals surface area contributed by atoms with E-state index in [1.807, 2.05) is 0 Å². The van der Waals surface area contributed by atoms with Crippen molar-refractivity contribution in [1.82, 2.24) is 0 Å². The Hall–Kier alpha value is -2.98. The third-order valence-electron chi connectivity index (χ3n) is 3.94. The maximum atomic E-state index is 13.4. The van der Waals surface area contributed by atoms with Gasteiger partial charge in [0, 0.05) is 17.7 Å². The highest BCUT2D eigenvalue weighted by Gasteiger charge is 2.44. The number of ether oxygens (including phenoxy) is 2. The fraction of sp³-hybridized carbons (Fsp3) is 0.333. The summed E-state index contributed by atoms with van der Waals surface area (Å²) >= 11 is 0. The minimum absolute atomic E-state index is 0.0114. The van der Waals surface area contributed by atoms with Crippen molar-refractivity contribution < 1.29 is 40.7 Å². The molecule has 0 aliphatic rings. The highest BCUT2D eigenvalue weighted by atomic mass is 19.4. The Morgan fingerprint density at radius 3 is 1.86 bits per heavy atom. The van der Waals surface area contributed by atoms with Gasteiger partial charge < -0.3 is 9.47 Å². The molecule has 0 spiro atoms. The summed E-state index contributed by atoms with van der Waals surface area (Å²) in [6.07, 6.45) is -10.6. The number of alkyl halides is 6. The van der Waals surface area contributed by atoms with Crippen LogP contribution in [-0.4, -0.2) is 12.0 Å². The van der Waals surface area contributed by atoms with Gasteiger partial charge in [0.25, 0.3) is 5.69 Å². The van der Waals surface area contributed by atoms with Crippen molar-refractivity contribution in [2.75, 3.05) is 7.11 Å². The van der Waals surface area contributed by atoms with Gasteiger partial charge in [-0.3, -0.25) is 10.1 Å². The number of non-ortho nitro benzene ring substituents is 1. The van der Waals surface area contributed by atoms with Crippen LogP contribution in [0.25, 0.3) is 0 Å². The average Bonchev–Trinajstić information content (AvgIpc) is 2.59. The van der Waals surface area contributed by atoms with Gasteiger partial charge in [0.2, 0.25) is 0 Å². The summed E-state index contributed by atoms with van der Waals surface area (Å²) in [5, 5.41) is 10.8. The molecular formula is C18H15F6NO4. The first-order chi connectivity index (χ1) is 13.3. The van der Waals surface area contributed by atoms with Gasteiger partial charge in [-0.1, -0.05) is 13.8 Å². The van der Waals surface area contributed by atoms with Gasteiger partial charge in [-0.25, -0.2) is 0 Å². The molecule has 0 unspecified atom stereocenters. The van der Waals surface area contributed by atoms with Crippen LogP contribution >= 0.6 is 0 Å². The van der Waals surface area contributed by atoms with Gasteiger partial charge in [0.1, 0.15) is 22.6 Å². The lowest BCUT2D eigenvalue weighted by Gasteiger charge is -2.20. The molecule has 0 radical (unpaired) electrons. The van der Waals surface area contributed by atoms with Crippen LogP contribution in [0.1, 0.15) is 36.5 Å². The summed E-state index contributed by atoms with van der Waals surface area (Å²) in [4.78, 5) is 9.50. The highest BCUT2D eigenvalue weighted by molar-refractivity contribution is 5.55. The quantitative estimate of drug-likeness (QED) is 0.311. The van der Waals surface area contributed by atoms with Gasteiger partial charge in [0.15, 0.2) is 5.75 Å². The second-order valence-electron chi connectivity index (χ2n) is 6.28. The van der Waals surface area contributed by atoms with E-state index in [1.54, 1.807) is 13.8 Å². The number of hydrogen-bond acceptors (Lipinski definition) is 4. The van der Waals surface area contributed by atoms with Crippen molar-refractivity contribution in [3.8, 4) is 17.2 Å². The lowest BCUT2D eigenvalue weighted by molar-refractivity contribution is -0.385. The van der Waals surface area contributed by atoms with E-state index < -0.39 is 39.8 Å². The van der Waals surface area contributed by atoms with Crippen LogP contribution < -0.4 is 9.47 Å². The minimum atomic E-state index is -5.32. The lowest BCUT2D eigenvalue weighted by Crippen LogP contribution is -2.15. The maximum absolute atomic E-state index is 13.4. The molecule has 2 aromatic carbocycles. The molecule has 29 heavy (non-hydrogen) atoms. The molecule has 0 heterocycles. The molecule has 2 rings (SSSR count). The first kappa shape index (κ1) is 22.3. The van der Waals surface area contributed by atoms with Crippen molar-refractivity contribution >= 4 is 5.69 Å². The summed E-state index contributed by atoms with van der Waals surface area (Å²) in [5.41, 5.74) is -4.66. The molecule has 11 heteroatoms. The molecule has 0 atom stereocenters. The van der Waals surface area contributed by atoms with Gasteiger partial charge in [-0.15, -0.1) is 0 Å². The lowest BCUT2D eigenvalue weighted by atomic mass is 10.0. The van der Waals surface area contributed by atoms with Crippen LogP contribution in [0.3, 0.4) is 0 Å². The number of nitrogens with zero attached hydrogens (tertiary/aromatic N) is 1. The average molecular weight is 423 g/mol. The van der Waals surface area contributed by atoms with Crippen LogP contribution in [0.2, 0.25) is 0 Å². The van der Waals surface area contributed by atoms with Crippen LogP contribution in [0, 0.1) is 10.1 Å². The number of benzene rings is 2. The van der Waals surface area contributed by atoms with Crippen LogP contribution in [-0.2, 0) is 12.4 Å². The van der Waals surface area contributed by atoms with Crippen LogP contribution in [0.15, 0.2) is 30.3 Å². The van der Waals surface area contributed by atoms with Gasteiger partial charge in [-0.2, -0.15) is 26.3 Å². The molecule has 0 aliphatic carbocycles. The summed E-state index contributed by atoms with van der Waals surface area (Å²) in [5.74, 6) is -1.66. The zero-order valence-electron chi connectivity index (χ0n) is 15.3. The van der Waals surface area contributed by atoms with E-state index >= 15 is 0 Å². The van der Waals surface area contributed by atoms with Crippen molar-refractivity contribution in [3.05, 3.63) is 57.1 Å². The zero-order chi connectivity index (χ0) is 22.1. The largest absolute Gasteiger partial charge is 0.496 e. The van der Waals surface area contributed by atoms with Gasteiger partial charge in [0.05, 0.1) is 12.0 Å². The topological polar surface area (TPSA) is 61.6 Å². The van der Waals surface area contributed by atoms with Gasteiger partial charge >= 0.3 is 12.4 Å². The molecule has 0 saturated heterocycles. The first-order valence-corrected chi connectivity index (χ1v) is 8.08. The molecule has 0 N–H and O–H groups in total. The second kappa shape index (κ2) is 7.80. The number of rotatable bonds is 5. The van der Waals surface area contributed by atoms with E-state index in [-0.39, 0.29) is 23.8 Å². The summed E-state index contributed by atoms with van der Waals surface area (Å²) < 4.78 is 90.5. The van der Waals surface area contributed by atoms with Crippen molar-refractivity contribution in [2.45, 2.75) is 32.1 Å². The van der Waals surface area contributed by atoms with Crippen molar-refractivity contribution in [1.29, 1.82) is 0 Å². The van der Waals surface area contributed by atoms with Crippen molar-refractivity contribution in [3.63, 3.8) is 0 Å². The fourth-order valence-electron chi connectivity index (χ4n) is 2.60. The summed E-state index contributed by atoms with van der Waals surface area (Å²) in [7, 11) is 1.36. The Morgan fingerprint density at radius 1 is 0.966 bits per heavy atom. The molecule has 0 aliphatic heterocycles. The fourth-order valence-corrected chi connectivity index (χ4v) is 2.60. The highest BCUT2D eigenvalue weighted by Crippen LogP contribution is 2.48. The molecule has 0 aromatic heterocycles. The van der Waals surface area contributed by atoms with Gasteiger partial charge in [-0.05, 0) is 24.1 Å². The number of methoxy groups -OCH3 is 1. The molecular weight excluding hydrogens is 408 g/mol. The predicted molar refractivity (Wildman–Crippen MR) is 90.3 cm³/mol.